The molecule has 12 heteroatoms. The van der Waals surface area contributed by atoms with E-state index in [1.807, 2.05) is 0 Å². The zero-order valence-corrected chi connectivity index (χ0v) is 23.0. The summed E-state index contributed by atoms with van der Waals surface area (Å²) in [5.74, 6) is -1.02. The van der Waals surface area contributed by atoms with E-state index in [4.69, 9.17) is 0 Å². The first-order chi connectivity index (χ1) is 19.3. The molecule has 0 radical (unpaired) electrons. The average Bonchev–Trinajstić information content (AvgIpc) is 2.92. The zero-order chi connectivity index (χ0) is 29.4. The predicted octanol–water partition coefficient (Wildman–Crippen LogP) is 6.59. The van der Waals surface area contributed by atoms with Gasteiger partial charge < -0.3 is 0 Å². The van der Waals surface area contributed by atoms with E-state index in [9.17, 15) is 34.4 Å². The number of halogens is 4. The Balaban J connectivity index is 1.36. The maximum atomic E-state index is 13.4. The Kier molecular flexibility index (Phi) is 7.56. The Morgan fingerprint density at radius 2 is 1.51 bits per heavy atom. The molecule has 0 spiro atoms. The summed E-state index contributed by atoms with van der Waals surface area (Å²) < 4.78 is 110. The van der Waals surface area contributed by atoms with Gasteiger partial charge in [0.1, 0.15) is 5.82 Å². The molecule has 1 aliphatic rings. The maximum absolute atomic E-state index is 13.4. The van der Waals surface area contributed by atoms with Gasteiger partial charge in [-0.25, -0.2) is 21.2 Å². The first-order valence-corrected chi connectivity index (χ1v) is 15.6. The lowest BCUT2D eigenvalue weighted by Gasteiger charge is -2.31. The smallest absolute Gasteiger partial charge is 0.283 e. The normalized spacial score (nSPS) is 14.0. The van der Waals surface area contributed by atoms with Crippen molar-refractivity contribution in [3.8, 4) is 11.1 Å². The first kappa shape index (κ1) is 28.6. The predicted molar refractivity (Wildman–Crippen MR) is 149 cm³/mol. The van der Waals surface area contributed by atoms with Crippen LogP contribution < -0.4 is 9.03 Å². The molecule has 41 heavy (non-hydrogen) atoms. The fourth-order valence-corrected chi connectivity index (χ4v) is 7.51. The number of anilines is 2. The van der Waals surface area contributed by atoms with E-state index in [0.717, 1.165) is 23.8 Å². The number of aryl methyl sites for hydroxylation is 1. The summed E-state index contributed by atoms with van der Waals surface area (Å²) >= 11 is 0. The Hall–Kier alpha value is -3.90. The lowest BCUT2D eigenvalue weighted by atomic mass is 9.98. The van der Waals surface area contributed by atoms with Gasteiger partial charge in [0.15, 0.2) is 0 Å². The summed E-state index contributed by atoms with van der Waals surface area (Å²) in [6, 6.07) is 20.0. The second kappa shape index (κ2) is 10.8. The Morgan fingerprint density at radius 1 is 0.829 bits per heavy atom. The third-order valence-corrected chi connectivity index (χ3v) is 9.78. The van der Waals surface area contributed by atoms with Crippen LogP contribution in [0.3, 0.4) is 0 Å². The van der Waals surface area contributed by atoms with E-state index < -0.39 is 43.4 Å². The summed E-state index contributed by atoms with van der Waals surface area (Å²) in [6.07, 6.45) is -3.38. The quantitative estimate of drug-likeness (QED) is 0.241. The third kappa shape index (κ3) is 6.23. The lowest BCUT2D eigenvalue weighted by Crippen LogP contribution is -2.35. The highest BCUT2D eigenvalue weighted by molar-refractivity contribution is 7.93. The molecule has 0 saturated carbocycles. The molecule has 6 nitrogen and oxygen atoms in total. The van der Waals surface area contributed by atoms with Crippen molar-refractivity contribution in [3.05, 3.63) is 114 Å². The standard InChI is InChI=1S/C29H24F4N2O4S2/c30-23-12-15-25(16-13-23)41(38,39)35-17-3-4-22-11-14-24(18-28(22)35)34-40(36,37)19-20-7-9-21(10-8-20)26-5-1-2-6-27(26)29(31,32)33/h1-2,5-16,18,34H,3-4,17,19H2. The van der Waals surface area contributed by atoms with Crippen LogP contribution in [-0.2, 0) is 38.4 Å². The molecule has 0 fully saturated rings. The van der Waals surface area contributed by atoms with Crippen molar-refractivity contribution in [3.63, 3.8) is 0 Å². The summed E-state index contributed by atoms with van der Waals surface area (Å²) in [5, 5.41) is 0. The molecule has 0 aromatic heterocycles. The molecule has 0 unspecified atom stereocenters. The van der Waals surface area contributed by atoms with Crippen molar-refractivity contribution in [2.45, 2.75) is 29.7 Å². The van der Waals surface area contributed by atoms with Crippen molar-refractivity contribution in [2.75, 3.05) is 15.6 Å². The average molecular weight is 605 g/mol. The highest BCUT2D eigenvalue weighted by atomic mass is 32.2. The van der Waals surface area contributed by atoms with Gasteiger partial charge in [-0.3, -0.25) is 9.03 Å². The van der Waals surface area contributed by atoms with Crippen LogP contribution in [0.5, 0.6) is 0 Å². The molecular formula is C29H24F4N2O4S2. The van der Waals surface area contributed by atoms with Crippen molar-refractivity contribution in [2.24, 2.45) is 0 Å². The molecule has 0 atom stereocenters. The number of hydrogen-bond donors (Lipinski definition) is 1. The molecule has 4 aromatic carbocycles. The summed E-state index contributed by atoms with van der Waals surface area (Å²) in [7, 11) is -7.99. The molecule has 214 valence electrons. The number of hydrogen-bond acceptors (Lipinski definition) is 4. The van der Waals surface area contributed by atoms with Gasteiger partial charge in [-0.1, -0.05) is 48.5 Å². The van der Waals surface area contributed by atoms with Crippen molar-refractivity contribution < 1.29 is 34.4 Å². The highest BCUT2D eigenvalue weighted by Crippen LogP contribution is 2.37. The van der Waals surface area contributed by atoms with E-state index in [1.54, 1.807) is 12.1 Å². The lowest BCUT2D eigenvalue weighted by molar-refractivity contribution is -0.137. The van der Waals surface area contributed by atoms with E-state index in [1.165, 1.54) is 65.0 Å². The molecule has 1 N–H and O–H groups in total. The van der Waals surface area contributed by atoms with Crippen LogP contribution in [0.1, 0.15) is 23.1 Å². The highest BCUT2D eigenvalue weighted by Gasteiger charge is 2.33. The maximum Gasteiger partial charge on any atom is 0.417 e. The number of benzene rings is 4. The van der Waals surface area contributed by atoms with E-state index >= 15 is 0 Å². The Labute approximate surface area is 235 Å². The minimum Gasteiger partial charge on any atom is -0.283 e. The summed E-state index contributed by atoms with van der Waals surface area (Å²) in [5.41, 5.74) is 1.05. The Morgan fingerprint density at radius 3 is 2.20 bits per heavy atom. The molecule has 0 bridgehead atoms. The molecular weight excluding hydrogens is 580 g/mol. The molecule has 1 heterocycles. The van der Waals surface area contributed by atoms with Crippen molar-refractivity contribution in [1.29, 1.82) is 0 Å². The van der Waals surface area contributed by atoms with Gasteiger partial charge in [0, 0.05) is 6.54 Å². The van der Waals surface area contributed by atoms with Gasteiger partial charge in [-0.15, -0.1) is 0 Å². The van der Waals surface area contributed by atoms with Crippen LogP contribution in [0.15, 0.2) is 95.9 Å². The van der Waals surface area contributed by atoms with Gasteiger partial charge in [0.25, 0.3) is 10.0 Å². The number of alkyl halides is 3. The van der Waals surface area contributed by atoms with Gasteiger partial charge in [0.05, 0.1) is 27.6 Å². The summed E-state index contributed by atoms with van der Waals surface area (Å²) in [4.78, 5) is -0.0842. The van der Waals surface area contributed by atoms with Crippen molar-refractivity contribution >= 4 is 31.4 Å². The topological polar surface area (TPSA) is 83.6 Å². The largest absolute Gasteiger partial charge is 0.417 e. The number of nitrogens with one attached hydrogen (secondary N) is 1. The van der Waals surface area contributed by atoms with E-state index in [-0.39, 0.29) is 22.7 Å². The van der Waals surface area contributed by atoms with Gasteiger partial charge in [-0.05, 0) is 77.6 Å². The number of sulfonamides is 2. The van der Waals surface area contributed by atoms with Gasteiger partial charge >= 0.3 is 6.18 Å². The SMILES string of the molecule is O=S(=O)(Cc1ccc(-c2ccccc2C(F)(F)F)cc1)Nc1ccc2c(c1)N(S(=O)(=O)c1ccc(F)cc1)CCC2. The van der Waals surface area contributed by atoms with Crippen LogP contribution in [0.25, 0.3) is 11.1 Å². The second-order valence-electron chi connectivity index (χ2n) is 9.58. The molecule has 0 amide bonds. The van der Waals surface area contributed by atoms with E-state index in [2.05, 4.69) is 4.72 Å². The van der Waals surface area contributed by atoms with E-state index in [0.29, 0.717) is 29.7 Å². The van der Waals surface area contributed by atoms with Crippen LogP contribution in [0, 0.1) is 5.82 Å². The molecule has 5 rings (SSSR count). The van der Waals surface area contributed by atoms with Crippen LogP contribution in [0.2, 0.25) is 0 Å². The monoisotopic (exact) mass is 604 g/mol. The van der Waals surface area contributed by atoms with Crippen LogP contribution in [-0.4, -0.2) is 23.4 Å². The fourth-order valence-electron chi connectivity index (χ4n) is 4.79. The van der Waals surface area contributed by atoms with Crippen molar-refractivity contribution in [1.82, 2.24) is 0 Å². The zero-order valence-electron chi connectivity index (χ0n) is 21.4. The molecule has 0 saturated heterocycles. The minimum atomic E-state index is -4.54. The fraction of sp³-hybridized carbons (Fsp3) is 0.172. The van der Waals surface area contributed by atoms with Crippen LogP contribution in [0.4, 0.5) is 28.9 Å². The van der Waals surface area contributed by atoms with Gasteiger partial charge in [0.2, 0.25) is 10.0 Å². The molecule has 0 aliphatic carbocycles. The Bertz CT molecular complexity index is 1790. The van der Waals surface area contributed by atoms with Gasteiger partial charge in [-0.2, -0.15) is 13.2 Å². The minimum absolute atomic E-state index is 0.0123. The molecule has 1 aliphatic heterocycles. The van der Waals surface area contributed by atoms with Crippen LogP contribution >= 0.6 is 0 Å². The number of rotatable bonds is 7. The summed E-state index contributed by atoms with van der Waals surface area (Å²) in [6.45, 7) is 0.173. The third-order valence-electron chi connectivity index (χ3n) is 6.69. The number of fused-ring (bicyclic) bond motifs is 1. The molecule has 4 aromatic rings. The second-order valence-corrected chi connectivity index (χ2v) is 13.2. The number of nitrogens with zero attached hydrogens (tertiary/aromatic N) is 1. The first-order valence-electron chi connectivity index (χ1n) is 12.5.